The number of amides is 1. The molecule has 1 aliphatic heterocycles. The molecule has 0 unspecified atom stereocenters. The van der Waals surface area contributed by atoms with E-state index in [2.05, 4.69) is 15.9 Å². The number of phenolic OH excluding ortho intramolecular Hbond substituents is 1. The number of benzene rings is 1. The third-order valence-electron chi connectivity index (χ3n) is 5.84. The van der Waals surface area contributed by atoms with Crippen LogP contribution in [-0.2, 0) is 4.79 Å². The molecule has 1 saturated heterocycles. The molecule has 1 aromatic rings. The Hall–Kier alpha value is -2.01. The molecule has 0 spiro atoms. The lowest BCUT2D eigenvalue weighted by Gasteiger charge is -2.35. The molecule has 1 saturated carbocycles. The van der Waals surface area contributed by atoms with Crippen LogP contribution in [0.4, 0.5) is 5.69 Å². The van der Waals surface area contributed by atoms with Crippen LogP contribution in [0.15, 0.2) is 36.0 Å². The van der Waals surface area contributed by atoms with Crippen LogP contribution in [-0.4, -0.2) is 54.7 Å². The molecule has 5 heteroatoms. The highest BCUT2D eigenvalue weighted by atomic mass is 16.3. The molecule has 5 nitrogen and oxygen atoms in total. The largest absolute Gasteiger partial charge is 0.508 e. The number of allylic oxidation sites excluding steroid dienone is 2. The van der Waals surface area contributed by atoms with Gasteiger partial charge in [-0.05, 0) is 62.8 Å². The first-order valence-corrected chi connectivity index (χ1v) is 10.1. The number of nitrogens with one attached hydrogen (secondary N) is 1. The monoisotopic (exact) mass is 356 g/mol. The molecule has 2 N–H and O–H groups in total. The second kappa shape index (κ2) is 7.70. The Kier molecular flexibility index (Phi) is 5.16. The maximum atomic E-state index is 13.0. The minimum Gasteiger partial charge on any atom is -0.508 e. The topological polar surface area (TPSA) is 48.2 Å². The lowest BCUT2D eigenvalue weighted by molar-refractivity contribution is -0.892. The Labute approximate surface area is 155 Å². The first-order chi connectivity index (χ1) is 12.7. The van der Waals surface area contributed by atoms with Crippen LogP contribution >= 0.6 is 0 Å². The summed E-state index contributed by atoms with van der Waals surface area (Å²) in [5.41, 5.74) is 2.45. The van der Waals surface area contributed by atoms with Gasteiger partial charge in [0.05, 0.1) is 26.2 Å². The highest BCUT2D eigenvalue weighted by Gasteiger charge is 2.36. The van der Waals surface area contributed by atoms with Crippen LogP contribution < -0.4 is 9.80 Å². The second-order valence-corrected chi connectivity index (χ2v) is 7.87. The molecule has 2 fully saturated rings. The highest BCUT2D eigenvalue weighted by Crippen LogP contribution is 2.33. The van der Waals surface area contributed by atoms with Gasteiger partial charge in [-0.15, -0.1) is 0 Å². The van der Waals surface area contributed by atoms with E-state index in [-0.39, 0.29) is 0 Å². The second-order valence-electron chi connectivity index (χ2n) is 7.87. The van der Waals surface area contributed by atoms with Crippen molar-refractivity contribution in [1.29, 1.82) is 0 Å². The minimum absolute atomic E-state index is 0.306. The van der Waals surface area contributed by atoms with E-state index < -0.39 is 0 Å². The number of phenols is 1. The van der Waals surface area contributed by atoms with Gasteiger partial charge in [-0.25, -0.2) is 0 Å². The molecule has 3 aliphatic rings. The molecule has 0 radical (unpaired) electrons. The quantitative estimate of drug-likeness (QED) is 0.842. The van der Waals surface area contributed by atoms with Gasteiger partial charge in [-0.3, -0.25) is 4.79 Å². The van der Waals surface area contributed by atoms with E-state index in [0.29, 0.717) is 24.2 Å². The highest BCUT2D eigenvalue weighted by molar-refractivity contribution is 5.79. The van der Waals surface area contributed by atoms with E-state index in [1.807, 2.05) is 12.1 Å². The van der Waals surface area contributed by atoms with Gasteiger partial charge in [0.1, 0.15) is 5.75 Å². The fraction of sp³-hybridized carbons (Fsp3) is 0.571. The van der Waals surface area contributed by atoms with Crippen LogP contribution in [0.1, 0.15) is 38.5 Å². The summed E-state index contributed by atoms with van der Waals surface area (Å²) in [6, 6.07) is 7.89. The van der Waals surface area contributed by atoms with E-state index in [1.54, 1.807) is 12.1 Å². The Morgan fingerprint density at radius 3 is 2.50 bits per heavy atom. The predicted octanol–water partition coefficient (Wildman–Crippen LogP) is 1.55. The zero-order valence-corrected chi connectivity index (χ0v) is 15.5. The molecule has 2 aliphatic carbocycles. The standard InChI is InChI=1S/C21H29N3O2/c25-20-10-8-17(9-11-20)23-14-12-22(13-15-23)16-21(26)24(19-6-7-19)18-4-2-1-3-5-18/h4,8-11,19,25H,1-3,5-7,12-16H2/p+1. The lowest BCUT2D eigenvalue weighted by atomic mass is 10.0. The number of carbonyl (C=O) groups excluding carboxylic acids is 1. The van der Waals surface area contributed by atoms with Crippen molar-refractivity contribution in [3.8, 4) is 5.75 Å². The lowest BCUT2D eigenvalue weighted by Crippen LogP contribution is -3.15. The summed E-state index contributed by atoms with van der Waals surface area (Å²) in [5.74, 6) is 0.634. The average Bonchev–Trinajstić information content (AvgIpc) is 3.49. The molecule has 0 bridgehead atoms. The summed E-state index contributed by atoms with van der Waals surface area (Å²) in [4.78, 5) is 18.9. The van der Waals surface area contributed by atoms with Gasteiger partial charge < -0.3 is 19.8 Å². The molecular weight excluding hydrogens is 326 g/mol. The van der Waals surface area contributed by atoms with Crippen molar-refractivity contribution in [3.05, 3.63) is 36.0 Å². The van der Waals surface area contributed by atoms with Gasteiger partial charge in [0.2, 0.25) is 0 Å². The summed E-state index contributed by atoms with van der Waals surface area (Å²) < 4.78 is 0. The number of aromatic hydroxyl groups is 1. The summed E-state index contributed by atoms with van der Waals surface area (Å²) in [5, 5.41) is 9.44. The predicted molar refractivity (Wildman–Crippen MR) is 102 cm³/mol. The minimum atomic E-state index is 0.306. The van der Waals surface area contributed by atoms with Crippen LogP contribution in [0.3, 0.4) is 0 Å². The Morgan fingerprint density at radius 1 is 1.15 bits per heavy atom. The van der Waals surface area contributed by atoms with E-state index >= 15 is 0 Å². The SMILES string of the molecule is O=C(C[NH+]1CCN(c2ccc(O)cc2)CC1)N(C1=CCCCC1)C1CC1. The number of carbonyl (C=O) groups is 1. The third kappa shape index (κ3) is 4.04. The Bertz CT molecular complexity index is 658. The molecule has 1 amide bonds. The Morgan fingerprint density at radius 2 is 1.88 bits per heavy atom. The zero-order chi connectivity index (χ0) is 17.9. The van der Waals surface area contributed by atoms with Gasteiger partial charge in [0.15, 0.2) is 6.54 Å². The number of rotatable bonds is 5. The number of piperazine rings is 1. The molecule has 1 aromatic carbocycles. The summed E-state index contributed by atoms with van der Waals surface area (Å²) >= 11 is 0. The van der Waals surface area contributed by atoms with Crippen LogP contribution in [0.25, 0.3) is 0 Å². The number of quaternary nitrogens is 1. The number of hydrogen-bond acceptors (Lipinski definition) is 3. The van der Waals surface area contributed by atoms with Crippen molar-refractivity contribution < 1.29 is 14.8 Å². The maximum absolute atomic E-state index is 13.0. The number of hydrogen-bond donors (Lipinski definition) is 2. The van der Waals surface area contributed by atoms with E-state index in [0.717, 1.165) is 44.7 Å². The van der Waals surface area contributed by atoms with E-state index in [9.17, 15) is 9.90 Å². The molecule has 1 heterocycles. The van der Waals surface area contributed by atoms with Gasteiger partial charge in [0, 0.05) is 17.4 Å². The van der Waals surface area contributed by atoms with Crippen LogP contribution in [0, 0.1) is 0 Å². The van der Waals surface area contributed by atoms with Crippen molar-refractivity contribution in [3.63, 3.8) is 0 Å². The van der Waals surface area contributed by atoms with E-state index in [4.69, 9.17) is 0 Å². The van der Waals surface area contributed by atoms with Crippen molar-refractivity contribution in [2.75, 3.05) is 37.6 Å². The van der Waals surface area contributed by atoms with Gasteiger partial charge in [-0.1, -0.05) is 6.08 Å². The molecule has 0 aromatic heterocycles. The molecule has 4 rings (SSSR count). The third-order valence-corrected chi connectivity index (χ3v) is 5.84. The van der Waals surface area contributed by atoms with Gasteiger partial charge in [0.25, 0.3) is 5.91 Å². The Balaban J connectivity index is 1.32. The fourth-order valence-corrected chi connectivity index (χ4v) is 4.19. The van der Waals surface area contributed by atoms with Crippen LogP contribution in [0.5, 0.6) is 5.75 Å². The fourth-order valence-electron chi connectivity index (χ4n) is 4.19. The first kappa shape index (κ1) is 17.4. The summed E-state index contributed by atoms with van der Waals surface area (Å²) in [7, 11) is 0. The van der Waals surface area contributed by atoms with Crippen molar-refractivity contribution >= 4 is 11.6 Å². The molecule has 0 atom stereocenters. The number of anilines is 1. The average molecular weight is 356 g/mol. The number of nitrogens with zero attached hydrogens (tertiary/aromatic N) is 2. The van der Waals surface area contributed by atoms with Crippen molar-refractivity contribution in [1.82, 2.24) is 4.90 Å². The maximum Gasteiger partial charge on any atom is 0.282 e. The normalized spacial score (nSPS) is 21.4. The molecule has 26 heavy (non-hydrogen) atoms. The van der Waals surface area contributed by atoms with E-state index in [1.165, 1.54) is 36.3 Å². The van der Waals surface area contributed by atoms with Crippen molar-refractivity contribution in [2.24, 2.45) is 0 Å². The van der Waals surface area contributed by atoms with Crippen LogP contribution in [0.2, 0.25) is 0 Å². The van der Waals surface area contributed by atoms with Gasteiger partial charge in [-0.2, -0.15) is 0 Å². The summed E-state index contributed by atoms with van der Waals surface area (Å²) in [6.45, 7) is 4.52. The first-order valence-electron chi connectivity index (χ1n) is 10.1. The van der Waals surface area contributed by atoms with Gasteiger partial charge >= 0.3 is 0 Å². The summed E-state index contributed by atoms with van der Waals surface area (Å²) in [6.07, 6.45) is 9.34. The van der Waals surface area contributed by atoms with Crippen molar-refractivity contribution in [2.45, 2.75) is 44.6 Å². The smallest absolute Gasteiger partial charge is 0.282 e. The zero-order valence-electron chi connectivity index (χ0n) is 15.5. The molecule has 140 valence electrons. The molecular formula is C21H30N3O2+.